The second-order valence-electron chi connectivity index (χ2n) is 3.90. The lowest BCUT2D eigenvalue weighted by atomic mass is 10.3. The Hall–Kier alpha value is -1.99. The number of hydrogen-bond acceptors (Lipinski definition) is 3. The largest absolute Gasteiger partial charge is 0.435 e. The van der Waals surface area contributed by atoms with Gasteiger partial charge in [0.05, 0.1) is 24.1 Å². The van der Waals surface area contributed by atoms with Crippen molar-refractivity contribution in [3.8, 4) is 0 Å². The van der Waals surface area contributed by atoms with Crippen LogP contribution in [0.5, 0.6) is 0 Å². The van der Waals surface area contributed by atoms with Crippen LogP contribution in [-0.2, 0) is 26.8 Å². The van der Waals surface area contributed by atoms with Gasteiger partial charge in [0.25, 0.3) is 0 Å². The van der Waals surface area contributed by atoms with Crippen LogP contribution in [-0.4, -0.2) is 19.6 Å². The van der Waals surface area contributed by atoms with E-state index in [1.54, 1.807) is 24.1 Å². The molecule has 98 valence electrons. The van der Waals surface area contributed by atoms with E-state index in [9.17, 15) is 13.2 Å². The maximum atomic E-state index is 12.4. The maximum absolute atomic E-state index is 12.4. The molecule has 0 aliphatic heterocycles. The van der Waals surface area contributed by atoms with Crippen LogP contribution in [0.25, 0.3) is 0 Å². The standard InChI is InChI=1S/C10H12F3N5/c1-17-6-7(4-15-17)14-5-8-3-9(10(11,12)13)16-18(8)2/h3-4,6,14H,5H2,1-2H3. The third-order valence-corrected chi connectivity index (χ3v) is 2.45. The fraction of sp³-hybridized carbons (Fsp3) is 0.400. The molecule has 2 aromatic rings. The molecule has 0 radical (unpaired) electrons. The summed E-state index contributed by atoms with van der Waals surface area (Å²) in [5.41, 5.74) is 0.312. The van der Waals surface area contributed by atoms with E-state index < -0.39 is 11.9 Å². The third-order valence-electron chi connectivity index (χ3n) is 2.45. The van der Waals surface area contributed by atoms with E-state index in [0.29, 0.717) is 5.69 Å². The Bertz CT molecular complexity index is 540. The van der Waals surface area contributed by atoms with Gasteiger partial charge in [-0.25, -0.2) is 0 Å². The van der Waals surface area contributed by atoms with E-state index in [-0.39, 0.29) is 6.54 Å². The minimum absolute atomic E-state index is 0.255. The zero-order valence-corrected chi connectivity index (χ0v) is 9.86. The number of halogens is 3. The van der Waals surface area contributed by atoms with Crippen LogP contribution >= 0.6 is 0 Å². The van der Waals surface area contributed by atoms with Crippen molar-refractivity contribution in [1.29, 1.82) is 0 Å². The fourth-order valence-corrected chi connectivity index (χ4v) is 1.52. The first-order valence-corrected chi connectivity index (χ1v) is 5.19. The van der Waals surface area contributed by atoms with Crippen LogP contribution in [0.1, 0.15) is 11.4 Å². The van der Waals surface area contributed by atoms with Crippen molar-refractivity contribution in [1.82, 2.24) is 19.6 Å². The second kappa shape index (κ2) is 4.35. The monoisotopic (exact) mass is 259 g/mol. The Morgan fingerprint density at radius 3 is 2.56 bits per heavy atom. The second-order valence-corrected chi connectivity index (χ2v) is 3.90. The van der Waals surface area contributed by atoms with Crippen molar-refractivity contribution in [3.05, 3.63) is 29.8 Å². The molecule has 2 rings (SSSR count). The number of nitrogens with one attached hydrogen (secondary N) is 1. The van der Waals surface area contributed by atoms with Crippen molar-refractivity contribution in [2.45, 2.75) is 12.7 Å². The molecule has 0 saturated carbocycles. The first-order valence-electron chi connectivity index (χ1n) is 5.19. The molecule has 0 saturated heterocycles. The van der Waals surface area contributed by atoms with Crippen LogP contribution in [0.3, 0.4) is 0 Å². The number of nitrogens with zero attached hydrogens (tertiary/aromatic N) is 4. The molecule has 18 heavy (non-hydrogen) atoms. The lowest BCUT2D eigenvalue weighted by Crippen LogP contribution is -2.07. The molecule has 0 spiro atoms. The highest BCUT2D eigenvalue weighted by Gasteiger charge is 2.34. The van der Waals surface area contributed by atoms with Gasteiger partial charge in [0, 0.05) is 20.3 Å². The number of aromatic nitrogens is 4. The summed E-state index contributed by atoms with van der Waals surface area (Å²) >= 11 is 0. The summed E-state index contributed by atoms with van der Waals surface area (Å²) in [6, 6.07) is 1.03. The quantitative estimate of drug-likeness (QED) is 0.914. The summed E-state index contributed by atoms with van der Waals surface area (Å²) in [7, 11) is 3.24. The summed E-state index contributed by atoms with van der Waals surface area (Å²) in [5, 5.41) is 10.4. The van der Waals surface area contributed by atoms with Crippen molar-refractivity contribution in [2.75, 3.05) is 5.32 Å². The van der Waals surface area contributed by atoms with E-state index in [1.807, 2.05) is 0 Å². The molecule has 2 aromatic heterocycles. The lowest BCUT2D eigenvalue weighted by molar-refractivity contribution is -0.141. The van der Waals surface area contributed by atoms with Crippen molar-refractivity contribution < 1.29 is 13.2 Å². The summed E-state index contributed by atoms with van der Waals surface area (Å²) in [6.45, 7) is 0.255. The zero-order valence-electron chi connectivity index (χ0n) is 9.86. The van der Waals surface area contributed by atoms with Gasteiger partial charge in [-0.05, 0) is 6.07 Å². The molecule has 0 aromatic carbocycles. The molecule has 0 fully saturated rings. The highest BCUT2D eigenvalue weighted by molar-refractivity contribution is 5.38. The molecule has 5 nitrogen and oxygen atoms in total. The minimum atomic E-state index is -4.41. The topological polar surface area (TPSA) is 47.7 Å². The van der Waals surface area contributed by atoms with Crippen molar-refractivity contribution in [3.63, 3.8) is 0 Å². The van der Waals surface area contributed by atoms with Crippen molar-refractivity contribution >= 4 is 5.69 Å². The summed E-state index contributed by atoms with van der Waals surface area (Å²) in [6.07, 6.45) is -1.08. The Labute approximate surface area is 101 Å². The van der Waals surface area contributed by atoms with Gasteiger partial charge in [-0.15, -0.1) is 0 Å². The molecule has 0 aliphatic rings. The first kappa shape index (κ1) is 12.5. The van der Waals surface area contributed by atoms with E-state index in [4.69, 9.17) is 0 Å². The van der Waals surface area contributed by atoms with Crippen LogP contribution < -0.4 is 5.32 Å². The molecule has 0 unspecified atom stereocenters. The molecular formula is C10H12F3N5. The Kier molecular flexibility index (Phi) is 3.02. The smallest absolute Gasteiger partial charge is 0.377 e. The minimum Gasteiger partial charge on any atom is -0.377 e. The Morgan fingerprint density at radius 2 is 2.06 bits per heavy atom. The molecule has 0 amide bonds. The molecule has 1 N–H and O–H groups in total. The molecule has 0 atom stereocenters. The van der Waals surface area contributed by atoms with E-state index in [2.05, 4.69) is 15.5 Å². The van der Waals surface area contributed by atoms with Crippen molar-refractivity contribution in [2.24, 2.45) is 14.1 Å². The van der Waals surface area contributed by atoms with E-state index >= 15 is 0 Å². The predicted octanol–water partition coefficient (Wildman–Crippen LogP) is 1.78. The highest BCUT2D eigenvalue weighted by atomic mass is 19.4. The van der Waals surface area contributed by atoms with E-state index in [1.165, 1.54) is 11.7 Å². The normalized spacial score (nSPS) is 11.8. The summed E-state index contributed by atoms with van der Waals surface area (Å²) in [4.78, 5) is 0. The van der Waals surface area contributed by atoms with Gasteiger partial charge >= 0.3 is 6.18 Å². The van der Waals surface area contributed by atoms with Crippen LogP contribution in [0.4, 0.5) is 18.9 Å². The fourth-order valence-electron chi connectivity index (χ4n) is 1.52. The van der Waals surface area contributed by atoms with Gasteiger partial charge < -0.3 is 5.32 Å². The lowest BCUT2D eigenvalue weighted by Gasteiger charge is -2.02. The number of anilines is 1. The van der Waals surface area contributed by atoms with Gasteiger partial charge in [0.2, 0.25) is 0 Å². The summed E-state index contributed by atoms with van der Waals surface area (Å²) in [5.74, 6) is 0. The Balaban J connectivity index is 2.08. The number of hydrogen-bond donors (Lipinski definition) is 1. The number of aryl methyl sites for hydroxylation is 2. The average molecular weight is 259 g/mol. The molecule has 8 heteroatoms. The summed E-state index contributed by atoms with van der Waals surface area (Å²) < 4.78 is 40.1. The highest BCUT2D eigenvalue weighted by Crippen LogP contribution is 2.28. The van der Waals surface area contributed by atoms with Gasteiger partial charge in [0.15, 0.2) is 5.69 Å². The van der Waals surface area contributed by atoms with Gasteiger partial charge in [0.1, 0.15) is 0 Å². The molecular weight excluding hydrogens is 247 g/mol. The van der Waals surface area contributed by atoms with Gasteiger partial charge in [-0.2, -0.15) is 23.4 Å². The molecule has 2 heterocycles. The average Bonchev–Trinajstić information content (AvgIpc) is 2.81. The number of alkyl halides is 3. The molecule has 0 bridgehead atoms. The Morgan fingerprint density at radius 1 is 1.33 bits per heavy atom. The van der Waals surface area contributed by atoms with Crippen LogP contribution in [0.15, 0.2) is 18.5 Å². The maximum Gasteiger partial charge on any atom is 0.435 e. The third kappa shape index (κ3) is 2.63. The van der Waals surface area contributed by atoms with Crippen LogP contribution in [0, 0.1) is 0 Å². The van der Waals surface area contributed by atoms with E-state index in [0.717, 1.165) is 11.8 Å². The first-order chi connectivity index (χ1) is 8.36. The predicted molar refractivity (Wildman–Crippen MR) is 58.7 cm³/mol. The molecule has 0 aliphatic carbocycles. The van der Waals surface area contributed by atoms with Crippen LogP contribution in [0.2, 0.25) is 0 Å². The SMILES string of the molecule is Cn1cc(NCc2cc(C(F)(F)F)nn2C)cn1. The van der Waals surface area contributed by atoms with Gasteiger partial charge in [-0.1, -0.05) is 0 Å². The van der Waals surface area contributed by atoms with Gasteiger partial charge in [-0.3, -0.25) is 9.36 Å². The number of rotatable bonds is 3. The zero-order chi connectivity index (χ0) is 13.3.